The zero-order chi connectivity index (χ0) is 29.7. The van der Waals surface area contributed by atoms with Gasteiger partial charge in [-0.05, 0) is 12.8 Å². The fourth-order valence-electron chi connectivity index (χ4n) is 4.34. The number of hydrogen-bond donors (Lipinski definition) is 0. The van der Waals surface area contributed by atoms with Crippen molar-refractivity contribution < 1.29 is 38.1 Å². The number of esters is 4. The minimum Gasteiger partial charge on any atom is -0.469 e. The molecule has 0 rings (SSSR count). The van der Waals surface area contributed by atoms with E-state index in [2.05, 4.69) is 18.6 Å². The highest BCUT2D eigenvalue weighted by atomic mass is 16.6. The van der Waals surface area contributed by atoms with E-state index in [0.717, 1.165) is 38.5 Å². The van der Waals surface area contributed by atoms with Crippen LogP contribution in [0.5, 0.6) is 0 Å². The van der Waals surface area contributed by atoms with Crippen molar-refractivity contribution in [3.63, 3.8) is 0 Å². The zero-order valence-electron chi connectivity index (χ0n) is 25.8. The molecule has 0 aromatic carbocycles. The van der Waals surface area contributed by atoms with Gasteiger partial charge < -0.3 is 18.9 Å². The summed E-state index contributed by atoms with van der Waals surface area (Å²) in [4.78, 5) is 47.9. The maximum absolute atomic E-state index is 12.2. The van der Waals surface area contributed by atoms with Gasteiger partial charge in [0.1, 0.15) is 13.2 Å². The summed E-state index contributed by atoms with van der Waals surface area (Å²) in [6, 6.07) is 0. The molecule has 8 heteroatoms. The molecule has 40 heavy (non-hydrogen) atoms. The monoisotopic (exact) mass is 570 g/mol. The molecule has 0 unspecified atom stereocenters. The van der Waals surface area contributed by atoms with Gasteiger partial charge in [-0.2, -0.15) is 0 Å². The van der Waals surface area contributed by atoms with Gasteiger partial charge in [-0.3, -0.25) is 19.2 Å². The summed E-state index contributed by atoms with van der Waals surface area (Å²) in [5.41, 5.74) is 0. The van der Waals surface area contributed by atoms with E-state index in [1.807, 2.05) is 0 Å². The third kappa shape index (κ3) is 26.1. The molecule has 0 saturated carbocycles. The van der Waals surface area contributed by atoms with Crippen LogP contribution < -0.4 is 0 Å². The summed E-state index contributed by atoms with van der Waals surface area (Å²) in [6.07, 6.45) is 20.2. The van der Waals surface area contributed by atoms with Crippen molar-refractivity contribution >= 4 is 23.9 Å². The lowest BCUT2D eigenvalue weighted by atomic mass is 10.1. The van der Waals surface area contributed by atoms with Crippen LogP contribution in [0.3, 0.4) is 0 Å². The third-order valence-electron chi connectivity index (χ3n) is 6.89. The summed E-state index contributed by atoms with van der Waals surface area (Å²) >= 11 is 0. The second-order valence-electron chi connectivity index (χ2n) is 10.7. The van der Waals surface area contributed by atoms with Gasteiger partial charge in [0.05, 0.1) is 20.0 Å². The molecule has 0 atom stereocenters. The Morgan fingerprint density at radius 1 is 0.450 bits per heavy atom. The molecule has 0 aromatic heterocycles. The van der Waals surface area contributed by atoms with Crippen molar-refractivity contribution in [2.24, 2.45) is 0 Å². The van der Waals surface area contributed by atoms with E-state index < -0.39 is 18.0 Å². The van der Waals surface area contributed by atoms with Crippen LogP contribution >= 0.6 is 0 Å². The molecule has 0 fully saturated rings. The molecular formula is C32H58O8. The quantitative estimate of drug-likeness (QED) is 0.0533. The van der Waals surface area contributed by atoms with Gasteiger partial charge in [-0.1, -0.05) is 117 Å². The maximum atomic E-state index is 12.2. The van der Waals surface area contributed by atoms with Crippen LogP contribution in [0.4, 0.5) is 0 Å². The van der Waals surface area contributed by atoms with Crippen LogP contribution in [0.2, 0.25) is 0 Å². The average molecular weight is 571 g/mol. The minimum absolute atomic E-state index is 0.112. The van der Waals surface area contributed by atoms with Gasteiger partial charge in [-0.15, -0.1) is 0 Å². The van der Waals surface area contributed by atoms with Crippen LogP contribution in [0.1, 0.15) is 155 Å². The Bertz CT molecular complexity index is 611. The average Bonchev–Trinajstić information content (AvgIpc) is 2.95. The highest BCUT2D eigenvalue weighted by Gasteiger charge is 2.20. The van der Waals surface area contributed by atoms with Crippen molar-refractivity contribution in [2.75, 3.05) is 20.3 Å². The molecule has 0 amide bonds. The van der Waals surface area contributed by atoms with Crippen LogP contribution in [-0.2, 0) is 38.1 Å². The summed E-state index contributed by atoms with van der Waals surface area (Å²) in [5.74, 6) is -1.88. The normalized spacial score (nSPS) is 10.9. The number of carbonyl (C=O) groups excluding carboxylic acids is 4. The molecular weight excluding hydrogens is 512 g/mol. The molecule has 0 spiro atoms. The zero-order valence-corrected chi connectivity index (χ0v) is 25.8. The predicted molar refractivity (Wildman–Crippen MR) is 157 cm³/mol. The lowest BCUT2D eigenvalue weighted by molar-refractivity contribution is -0.167. The van der Waals surface area contributed by atoms with Gasteiger partial charge in [0.25, 0.3) is 0 Å². The highest BCUT2D eigenvalue weighted by molar-refractivity contribution is 5.77. The summed E-state index contributed by atoms with van der Waals surface area (Å²) < 4.78 is 20.5. The van der Waals surface area contributed by atoms with E-state index >= 15 is 0 Å². The topological polar surface area (TPSA) is 105 Å². The third-order valence-corrected chi connectivity index (χ3v) is 6.89. The first-order valence-corrected chi connectivity index (χ1v) is 16.0. The van der Waals surface area contributed by atoms with Crippen molar-refractivity contribution in [3.05, 3.63) is 0 Å². The van der Waals surface area contributed by atoms with Crippen molar-refractivity contribution in [3.8, 4) is 0 Å². The molecule has 0 aliphatic carbocycles. The van der Waals surface area contributed by atoms with Crippen LogP contribution in [0, 0.1) is 0 Å². The minimum atomic E-state index is -0.913. The Kier molecular flexibility index (Phi) is 26.9. The lowest BCUT2D eigenvalue weighted by Crippen LogP contribution is -2.31. The number of rotatable bonds is 28. The van der Waals surface area contributed by atoms with Gasteiger partial charge in [-0.25, -0.2) is 0 Å². The molecule has 0 saturated heterocycles. The fourth-order valence-corrected chi connectivity index (χ4v) is 4.34. The standard InChI is InChI=1S/C32H58O8/c1-4-6-8-10-12-14-16-18-20-22-30(34)38-26-28(40-32(36)25-24-29(33)37-3)27-39-31(35)23-21-19-17-15-13-11-9-7-5-2/h28H,4-27H2,1-3H3. The molecule has 0 heterocycles. The number of unbranched alkanes of at least 4 members (excludes halogenated alkanes) is 16. The first-order valence-electron chi connectivity index (χ1n) is 16.0. The van der Waals surface area contributed by atoms with Gasteiger partial charge in [0.15, 0.2) is 6.10 Å². The van der Waals surface area contributed by atoms with Crippen molar-refractivity contribution in [1.82, 2.24) is 0 Å². The number of carbonyl (C=O) groups is 4. The molecule has 0 N–H and O–H groups in total. The van der Waals surface area contributed by atoms with E-state index in [-0.39, 0.29) is 38.0 Å². The van der Waals surface area contributed by atoms with Gasteiger partial charge >= 0.3 is 23.9 Å². The van der Waals surface area contributed by atoms with E-state index in [9.17, 15) is 19.2 Å². The fraction of sp³-hybridized carbons (Fsp3) is 0.875. The summed E-state index contributed by atoms with van der Waals surface area (Å²) in [6.45, 7) is 4.04. The SMILES string of the molecule is CCCCCCCCCCCC(=O)OCC(COC(=O)CCCCCCCCCCC)OC(=O)CCC(=O)OC. The van der Waals surface area contributed by atoms with E-state index in [1.165, 1.54) is 84.2 Å². The second kappa shape index (κ2) is 28.4. The summed E-state index contributed by atoms with van der Waals surface area (Å²) in [7, 11) is 1.25. The predicted octanol–water partition coefficient (Wildman–Crippen LogP) is 7.78. The Hall–Kier alpha value is -2.12. The first-order chi connectivity index (χ1) is 19.4. The van der Waals surface area contributed by atoms with E-state index in [0.29, 0.717) is 12.8 Å². The van der Waals surface area contributed by atoms with Crippen LogP contribution in [0.25, 0.3) is 0 Å². The van der Waals surface area contributed by atoms with E-state index in [4.69, 9.17) is 14.2 Å². The van der Waals surface area contributed by atoms with Crippen molar-refractivity contribution in [2.45, 2.75) is 161 Å². The largest absolute Gasteiger partial charge is 0.469 e. The Morgan fingerprint density at radius 2 is 0.800 bits per heavy atom. The number of hydrogen-bond acceptors (Lipinski definition) is 8. The van der Waals surface area contributed by atoms with Crippen LogP contribution in [0.15, 0.2) is 0 Å². The van der Waals surface area contributed by atoms with Gasteiger partial charge in [0, 0.05) is 12.8 Å². The second-order valence-corrected chi connectivity index (χ2v) is 10.7. The molecule has 0 bridgehead atoms. The Morgan fingerprint density at radius 3 is 1.18 bits per heavy atom. The molecule has 8 nitrogen and oxygen atoms in total. The molecule has 234 valence electrons. The Balaban J connectivity index is 4.29. The van der Waals surface area contributed by atoms with E-state index in [1.54, 1.807) is 0 Å². The molecule has 0 aliphatic heterocycles. The van der Waals surface area contributed by atoms with Crippen molar-refractivity contribution in [1.29, 1.82) is 0 Å². The lowest BCUT2D eigenvalue weighted by Gasteiger charge is -2.18. The summed E-state index contributed by atoms with van der Waals surface area (Å²) in [5, 5.41) is 0. The van der Waals surface area contributed by atoms with Gasteiger partial charge in [0.2, 0.25) is 0 Å². The smallest absolute Gasteiger partial charge is 0.306 e. The number of ether oxygens (including phenoxy) is 4. The maximum Gasteiger partial charge on any atom is 0.306 e. The molecule has 0 aromatic rings. The molecule has 0 radical (unpaired) electrons. The molecule has 0 aliphatic rings. The highest BCUT2D eigenvalue weighted by Crippen LogP contribution is 2.13. The first kappa shape index (κ1) is 37.9. The van der Waals surface area contributed by atoms with Crippen LogP contribution in [-0.4, -0.2) is 50.3 Å². The Labute approximate surface area is 243 Å². The number of methoxy groups -OCH3 is 1.